The first-order valence-electron chi connectivity index (χ1n) is 3.52. The zero-order chi connectivity index (χ0) is 10.9. The van der Waals surface area contributed by atoms with Gasteiger partial charge in [-0.2, -0.15) is 13.2 Å². The number of hydrogen-bond donors (Lipinski definition) is 1. The van der Waals surface area contributed by atoms with Gasteiger partial charge in [0.25, 0.3) is 0 Å². The summed E-state index contributed by atoms with van der Waals surface area (Å²) in [4.78, 5) is 0. The molecule has 0 fully saturated rings. The molecule has 0 heterocycles. The summed E-state index contributed by atoms with van der Waals surface area (Å²) in [5.41, 5.74) is -1.90. The number of rotatable bonds is 1. The maximum Gasteiger partial charge on any atom is 0.416 e. The number of aliphatic hydroxyl groups is 1. The Labute approximate surface area is 85.5 Å². The fourth-order valence-corrected chi connectivity index (χ4v) is 1.45. The Morgan fingerprint density at radius 1 is 1.29 bits per heavy atom. The molecule has 6 heteroatoms. The molecule has 0 bridgehead atoms. The van der Waals surface area contributed by atoms with E-state index in [4.69, 9.17) is 5.11 Å². The summed E-state index contributed by atoms with van der Waals surface area (Å²) >= 11 is 2.75. The highest BCUT2D eigenvalue weighted by Crippen LogP contribution is 2.35. The van der Waals surface area contributed by atoms with Crippen molar-refractivity contribution in [3.63, 3.8) is 0 Å². The van der Waals surface area contributed by atoms with Crippen LogP contribution in [0.3, 0.4) is 0 Å². The van der Waals surface area contributed by atoms with Crippen molar-refractivity contribution in [3.8, 4) is 0 Å². The molecule has 14 heavy (non-hydrogen) atoms. The summed E-state index contributed by atoms with van der Waals surface area (Å²) in [6, 6.07) is 1.61. The first kappa shape index (κ1) is 11.5. The summed E-state index contributed by atoms with van der Waals surface area (Å²) in [5.74, 6) is -1.07. The van der Waals surface area contributed by atoms with Gasteiger partial charge >= 0.3 is 6.18 Å². The smallest absolute Gasteiger partial charge is 0.392 e. The molecule has 0 aliphatic carbocycles. The highest BCUT2D eigenvalue weighted by molar-refractivity contribution is 9.10. The second-order valence-electron chi connectivity index (χ2n) is 2.57. The van der Waals surface area contributed by atoms with Crippen LogP contribution in [0.1, 0.15) is 11.1 Å². The molecule has 1 aromatic carbocycles. The number of benzene rings is 1. The third-order valence-corrected chi connectivity index (χ3v) is 2.08. The van der Waals surface area contributed by atoms with Gasteiger partial charge in [-0.05, 0) is 12.1 Å². The normalized spacial score (nSPS) is 11.9. The Morgan fingerprint density at radius 3 is 2.29 bits per heavy atom. The zero-order valence-corrected chi connectivity index (χ0v) is 8.28. The highest BCUT2D eigenvalue weighted by atomic mass is 79.9. The monoisotopic (exact) mass is 272 g/mol. The van der Waals surface area contributed by atoms with Crippen molar-refractivity contribution < 1.29 is 22.7 Å². The second-order valence-corrected chi connectivity index (χ2v) is 3.49. The van der Waals surface area contributed by atoms with Gasteiger partial charge in [0.2, 0.25) is 0 Å². The molecule has 0 saturated carbocycles. The Balaban J connectivity index is 3.40. The van der Waals surface area contributed by atoms with Gasteiger partial charge in [-0.3, -0.25) is 0 Å². The van der Waals surface area contributed by atoms with Gasteiger partial charge in [0.1, 0.15) is 5.82 Å². The average molecular weight is 273 g/mol. The van der Waals surface area contributed by atoms with Crippen LogP contribution in [0.4, 0.5) is 17.6 Å². The molecular formula is C8H5BrF4O. The van der Waals surface area contributed by atoms with E-state index in [1.165, 1.54) is 0 Å². The van der Waals surface area contributed by atoms with Gasteiger partial charge in [0, 0.05) is 10.0 Å². The fourth-order valence-electron chi connectivity index (χ4n) is 1.02. The van der Waals surface area contributed by atoms with Gasteiger partial charge in [-0.25, -0.2) is 4.39 Å². The van der Waals surface area contributed by atoms with E-state index in [2.05, 4.69) is 15.9 Å². The van der Waals surface area contributed by atoms with Gasteiger partial charge in [0.15, 0.2) is 0 Å². The SMILES string of the molecule is OCc1c(F)cc(Br)cc1C(F)(F)F. The molecule has 1 N–H and O–H groups in total. The first-order valence-corrected chi connectivity index (χ1v) is 4.31. The van der Waals surface area contributed by atoms with Crippen molar-refractivity contribution in [2.24, 2.45) is 0 Å². The molecule has 0 atom stereocenters. The van der Waals surface area contributed by atoms with Crippen molar-refractivity contribution in [3.05, 3.63) is 33.5 Å². The van der Waals surface area contributed by atoms with Crippen LogP contribution in [0.5, 0.6) is 0 Å². The lowest BCUT2D eigenvalue weighted by Crippen LogP contribution is -2.11. The van der Waals surface area contributed by atoms with E-state index in [1.807, 2.05) is 0 Å². The molecule has 0 aliphatic heterocycles. The molecule has 0 amide bonds. The van der Waals surface area contributed by atoms with E-state index < -0.39 is 29.7 Å². The Kier molecular flexibility index (Phi) is 3.16. The lowest BCUT2D eigenvalue weighted by atomic mass is 10.1. The predicted molar refractivity (Wildman–Crippen MR) is 45.0 cm³/mol. The Hall–Kier alpha value is -0.620. The van der Waals surface area contributed by atoms with Crippen LogP contribution in [-0.2, 0) is 12.8 Å². The van der Waals surface area contributed by atoms with Crippen LogP contribution in [0.2, 0.25) is 0 Å². The third kappa shape index (κ3) is 2.24. The average Bonchev–Trinajstić information content (AvgIpc) is 2.01. The van der Waals surface area contributed by atoms with E-state index >= 15 is 0 Å². The molecule has 1 aromatic rings. The van der Waals surface area contributed by atoms with Gasteiger partial charge in [0.05, 0.1) is 12.2 Å². The fraction of sp³-hybridized carbons (Fsp3) is 0.250. The minimum Gasteiger partial charge on any atom is -0.392 e. The quantitative estimate of drug-likeness (QED) is 0.779. The maximum atomic E-state index is 13.0. The molecule has 1 rings (SSSR count). The summed E-state index contributed by atoms with van der Waals surface area (Å²) in [6.45, 7) is -0.978. The van der Waals surface area contributed by atoms with Crippen LogP contribution < -0.4 is 0 Å². The molecule has 0 aliphatic rings. The van der Waals surface area contributed by atoms with Crippen molar-refractivity contribution in [2.75, 3.05) is 0 Å². The van der Waals surface area contributed by atoms with Gasteiger partial charge in [-0.15, -0.1) is 0 Å². The topological polar surface area (TPSA) is 20.2 Å². The van der Waals surface area contributed by atoms with E-state index in [-0.39, 0.29) is 4.47 Å². The zero-order valence-electron chi connectivity index (χ0n) is 6.70. The van der Waals surface area contributed by atoms with Crippen LogP contribution in [0.25, 0.3) is 0 Å². The third-order valence-electron chi connectivity index (χ3n) is 1.62. The van der Waals surface area contributed by atoms with Crippen molar-refractivity contribution in [2.45, 2.75) is 12.8 Å². The van der Waals surface area contributed by atoms with E-state index in [0.29, 0.717) is 0 Å². The summed E-state index contributed by atoms with van der Waals surface area (Å²) in [5, 5.41) is 8.60. The summed E-state index contributed by atoms with van der Waals surface area (Å²) < 4.78 is 49.8. The summed E-state index contributed by atoms with van der Waals surface area (Å²) in [6.07, 6.45) is -4.66. The highest BCUT2D eigenvalue weighted by Gasteiger charge is 2.34. The second kappa shape index (κ2) is 3.86. The van der Waals surface area contributed by atoms with E-state index in [1.54, 1.807) is 0 Å². The van der Waals surface area contributed by atoms with Crippen LogP contribution in [-0.4, -0.2) is 5.11 Å². The first-order chi connectivity index (χ1) is 6.36. The maximum absolute atomic E-state index is 13.0. The molecule has 0 aromatic heterocycles. The van der Waals surface area contributed by atoms with Crippen LogP contribution in [0, 0.1) is 5.82 Å². The molecule has 0 radical (unpaired) electrons. The molecule has 1 nitrogen and oxygen atoms in total. The van der Waals surface area contributed by atoms with Crippen LogP contribution in [0.15, 0.2) is 16.6 Å². The molecular weight excluding hydrogens is 268 g/mol. The number of hydrogen-bond acceptors (Lipinski definition) is 1. The molecule has 78 valence electrons. The van der Waals surface area contributed by atoms with Crippen molar-refractivity contribution >= 4 is 15.9 Å². The Morgan fingerprint density at radius 2 is 1.86 bits per heavy atom. The lowest BCUT2D eigenvalue weighted by Gasteiger charge is -2.12. The minimum atomic E-state index is -4.66. The lowest BCUT2D eigenvalue weighted by molar-refractivity contribution is -0.139. The number of aliphatic hydroxyl groups excluding tert-OH is 1. The minimum absolute atomic E-state index is 0.0143. The molecule has 0 saturated heterocycles. The van der Waals surface area contributed by atoms with Gasteiger partial charge in [-0.1, -0.05) is 15.9 Å². The van der Waals surface area contributed by atoms with Crippen LogP contribution >= 0.6 is 15.9 Å². The van der Waals surface area contributed by atoms with Crippen molar-refractivity contribution in [1.29, 1.82) is 0 Å². The van der Waals surface area contributed by atoms with E-state index in [9.17, 15) is 17.6 Å². The predicted octanol–water partition coefficient (Wildman–Crippen LogP) is 3.10. The van der Waals surface area contributed by atoms with Crippen molar-refractivity contribution in [1.82, 2.24) is 0 Å². The van der Waals surface area contributed by atoms with Gasteiger partial charge < -0.3 is 5.11 Å². The number of halogens is 5. The molecule has 0 unspecified atom stereocenters. The standard InChI is InChI=1S/C8H5BrF4O/c9-4-1-6(8(11,12)13)5(3-14)7(10)2-4/h1-2,14H,3H2. The van der Waals surface area contributed by atoms with E-state index in [0.717, 1.165) is 12.1 Å². The molecule has 0 spiro atoms. The summed E-state index contributed by atoms with van der Waals surface area (Å²) in [7, 11) is 0. The number of alkyl halides is 3. The largest absolute Gasteiger partial charge is 0.416 e. The Bertz CT molecular complexity index is 348.